The molecule has 1 aromatic carbocycles. The summed E-state index contributed by atoms with van der Waals surface area (Å²) in [7, 11) is 0. The third-order valence-electron chi connectivity index (χ3n) is 3.29. The van der Waals surface area contributed by atoms with Gasteiger partial charge in [0.1, 0.15) is 10.7 Å². The van der Waals surface area contributed by atoms with Crippen LogP contribution in [0.5, 0.6) is 0 Å². The first-order valence-electron chi connectivity index (χ1n) is 6.88. The second-order valence-corrected chi connectivity index (χ2v) is 5.91. The summed E-state index contributed by atoms with van der Waals surface area (Å²) in [4.78, 5) is 20.8. The summed E-state index contributed by atoms with van der Waals surface area (Å²) in [6, 6.07) is 9.76. The van der Waals surface area contributed by atoms with Crippen LogP contribution in [0.3, 0.4) is 0 Å². The van der Waals surface area contributed by atoms with Crippen LogP contribution in [-0.2, 0) is 0 Å². The van der Waals surface area contributed by atoms with Crippen LogP contribution in [0.2, 0.25) is 0 Å². The zero-order valence-electron chi connectivity index (χ0n) is 12.3. The third kappa shape index (κ3) is 3.04. The lowest BCUT2D eigenvalue weighted by atomic mass is 10.1. The van der Waals surface area contributed by atoms with Crippen molar-refractivity contribution in [2.75, 3.05) is 5.32 Å². The van der Waals surface area contributed by atoms with Gasteiger partial charge in [0, 0.05) is 29.0 Å². The molecule has 0 atom stereocenters. The predicted molar refractivity (Wildman–Crippen MR) is 89.2 cm³/mol. The van der Waals surface area contributed by atoms with Crippen molar-refractivity contribution in [2.24, 2.45) is 0 Å². The van der Waals surface area contributed by atoms with Crippen molar-refractivity contribution >= 4 is 22.9 Å². The average Bonchev–Trinajstić information content (AvgIpc) is 3.02. The minimum Gasteiger partial charge on any atom is -0.320 e. The SMILES string of the molecule is Cc1ccc(C)c(NC(=O)c2csc(-c3cccnc3)n2)c1. The van der Waals surface area contributed by atoms with Crippen LogP contribution in [0, 0.1) is 13.8 Å². The monoisotopic (exact) mass is 309 g/mol. The number of pyridine rings is 1. The molecule has 3 aromatic rings. The maximum absolute atomic E-state index is 12.3. The Morgan fingerprint density at radius 1 is 1.23 bits per heavy atom. The number of thiazole rings is 1. The Hall–Kier alpha value is -2.53. The first-order valence-corrected chi connectivity index (χ1v) is 7.76. The molecule has 22 heavy (non-hydrogen) atoms. The van der Waals surface area contributed by atoms with Gasteiger partial charge in [-0.15, -0.1) is 11.3 Å². The highest BCUT2D eigenvalue weighted by Gasteiger charge is 2.13. The number of hydrogen-bond donors (Lipinski definition) is 1. The highest BCUT2D eigenvalue weighted by atomic mass is 32.1. The predicted octanol–water partition coefficient (Wildman–Crippen LogP) is 4.07. The molecule has 0 saturated heterocycles. The number of aryl methyl sites for hydroxylation is 2. The Morgan fingerprint density at radius 2 is 2.09 bits per heavy atom. The second kappa shape index (κ2) is 6.07. The molecule has 0 saturated carbocycles. The van der Waals surface area contributed by atoms with Gasteiger partial charge in [0.2, 0.25) is 0 Å². The van der Waals surface area contributed by atoms with Crippen molar-refractivity contribution in [3.05, 3.63) is 64.9 Å². The van der Waals surface area contributed by atoms with Crippen LogP contribution in [0.15, 0.2) is 48.1 Å². The molecule has 5 heteroatoms. The number of nitrogens with zero attached hydrogens (tertiary/aromatic N) is 2. The number of nitrogens with one attached hydrogen (secondary N) is 1. The van der Waals surface area contributed by atoms with E-state index in [1.54, 1.807) is 17.8 Å². The molecule has 4 nitrogen and oxygen atoms in total. The van der Waals surface area contributed by atoms with Gasteiger partial charge in [-0.25, -0.2) is 4.98 Å². The zero-order chi connectivity index (χ0) is 15.5. The first-order chi connectivity index (χ1) is 10.6. The molecule has 0 radical (unpaired) electrons. The summed E-state index contributed by atoms with van der Waals surface area (Å²) >= 11 is 1.44. The molecule has 0 bridgehead atoms. The Morgan fingerprint density at radius 3 is 2.86 bits per heavy atom. The highest BCUT2D eigenvalue weighted by molar-refractivity contribution is 7.13. The minimum absolute atomic E-state index is 0.194. The van der Waals surface area contributed by atoms with Crippen LogP contribution in [0.1, 0.15) is 21.6 Å². The van der Waals surface area contributed by atoms with Crippen LogP contribution in [0.25, 0.3) is 10.6 Å². The molecule has 0 aliphatic rings. The summed E-state index contributed by atoms with van der Waals surface area (Å²) in [5.74, 6) is -0.194. The highest BCUT2D eigenvalue weighted by Crippen LogP contribution is 2.23. The first kappa shape index (κ1) is 14.4. The lowest BCUT2D eigenvalue weighted by Gasteiger charge is -2.07. The van der Waals surface area contributed by atoms with Gasteiger partial charge in [0.15, 0.2) is 0 Å². The van der Waals surface area contributed by atoms with Gasteiger partial charge in [-0.2, -0.15) is 0 Å². The quantitative estimate of drug-likeness (QED) is 0.793. The van der Waals surface area contributed by atoms with Crippen LogP contribution in [-0.4, -0.2) is 15.9 Å². The molecule has 110 valence electrons. The van der Waals surface area contributed by atoms with E-state index in [1.807, 2.05) is 44.2 Å². The number of anilines is 1. The van der Waals surface area contributed by atoms with Crippen molar-refractivity contribution in [1.29, 1.82) is 0 Å². The van der Waals surface area contributed by atoms with Gasteiger partial charge in [0.05, 0.1) is 0 Å². The Labute approximate surface area is 132 Å². The fourth-order valence-electron chi connectivity index (χ4n) is 2.06. The molecular weight excluding hydrogens is 294 g/mol. The van der Waals surface area contributed by atoms with Crippen molar-refractivity contribution in [2.45, 2.75) is 13.8 Å². The number of hydrogen-bond acceptors (Lipinski definition) is 4. The van der Waals surface area contributed by atoms with E-state index in [2.05, 4.69) is 15.3 Å². The lowest BCUT2D eigenvalue weighted by Crippen LogP contribution is -2.13. The normalized spacial score (nSPS) is 10.5. The number of carbonyl (C=O) groups excluding carboxylic acids is 1. The summed E-state index contributed by atoms with van der Waals surface area (Å²) in [6.45, 7) is 3.97. The molecule has 0 fully saturated rings. The molecular formula is C17H15N3OS. The number of aromatic nitrogens is 2. The van der Waals surface area contributed by atoms with Crippen molar-refractivity contribution in [1.82, 2.24) is 9.97 Å². The molecule has 2 heterocycles. The minimum atomic E-state index is -0.194. The van der Waals surface area contributed by atoms with E-state index in [4.69, 9.17) is 0 Å². The molecule has 0 spiro atoms. The maximum atomic E-state index is 12.3. The van der Waals surface area contributed by atoms with E-state index in [9.17, 15) is 4.79 Å². The summed E-state index contributed by atoms with van der Waals surface area (Å²) in [5, 5.41) is 5.48. The van der Waals surface area contributed by atoms with Gasteiger partial charge in [-0.1, -0.05) is 12.1 Å². The van der Waals surface area contributed by atoms with Crippen molar-refractivity contribution < 1.29 is 4.79 Å². The molecule has 3 rings (SSSR count). The number of amides is 1. The fraction of sp³-hybridized carbons (Fsp3) is 0.118. The van der Waals surface area contributed by atoms with E-state index >= 15 is 0 Å². The van der Waals surface area contributed by atoms with Gasteiger partial charge < -0.3 is 5.32 Å². The standard InChI is InChI=1S/C17H15N3OS/c1-11-5-6-12(2)14(8-11)19-16(21)15-10-22-17(20-15)13-4-3-7-18-9-13/h3-10H,1-2H3,(H,19,21). The van der Waals surface area contributed by atoms with Gasteiger partial charge >= 0.3 is 0 Å². The zero-order valence-corrected chi connectivity index (χ0v) is 13.1. The second-order valence-electron chi connectivity index (χ2n) is 5.05. The van der Waals surface area contributed by atoms with Gasteiger partial charge in [-0.3, -0.25) is 9.78 Å². The maximum Gasteiger partial charge on any atom is 0.275 e. The van der Waals surface area contributed by atoms with E-state index < -0.39 is 0 Å². The van der Waals surface area contributed by atoms with Crippen LogP contribution < -0.4 is 5.32 Å². The molecule has 1 N–H and O–H groups in total. The van der Waals surface area contributed by atoms with E-state index in [0.717, 1.165) is 27.4 Å². The van der Waals surface area contributed by atoms with Crippen LogP contribution in [0.4, 0.5) is 5.69 Å². The number of carbonyl (C=O) groups is 1. The van der Waals surface area contributed by atoms with Crippen LogP contribution >= 0.6 is 11.3 Å². The number of rotatable bonds is 3. The lowest BCUT2D eigenvalue weighted by molar-refractivity contribution is 0.102. The smallest absolute Gasteiger partial charge is 0.275 e. The number of benzene rings is 1. The van der Waals surface area contributed by atoms with Crippen molar-refractivity contribution in [3.63, 3.8) is 0 Å². The molecule has 0 aliphatic heterocycles. The topological polar surface area (TPSA) is 54.9 Å². The van der Waals surface area contributed by atoms with E-state index in [1.165, 1.54) is 11.3 Å². The molecule has 0 unspecified atom stereocenters. The Balaban J connectivity index is 1.81. The fourth-order valence-corrected chi connectivity index (χ4v) is 2.85. The van der Waals surface area contributed by atoms with E-state index in [0.29, 0.717) is 5.69 Å². The van der Waals surface area contributed by atoms with E-state index in [-0.39, 0.29) is 5.91 Å². The molecule has 2 aromatic heterocycles. The van der Waals surface area contributed by atoms with Gasteiger partial charge in [0.25, 0.3) is 5.91 Å². The molecule has 1 amide bonds. The van der Waals surface area contributed by atoms with Gasteiger partial charge in [-0.05, 0) is 43.2 Å². The Bertz CT molecular complexity index is 812. The summed E-state index contributed by atoms with van der Waals surface area (Å²) in [5.41, 5.74) is 4.29. The molecule has 0 aliphatic carbocycles. The average molecular weight is 309 g/mol. The largest absolute Gasteiger partial charge is 0.320 e. The summed E-state index contributed by atoms with van der Waals surface area (Å²) < 4.78 is 0. The third-order valence-corrected chi connectivity index (χ3v) is 4.18. The van der Waals surface area contributed by atoms with Crippen molar-refractivity contribution in [3.8, 4) is 10.6 Å². The summed E-state index contributed by atoms with van der Waals surface area (Å²) in [6.07, 6.45) is 3.45. The Kier molecular flexibility index (Phi) is 3.98.